The molecule has 3 nitrogen and oxygen atoms in total. The van der Waals surface area contributed by atoms with E-state index in [1.807, 2.05) is 12.1 Å². The van der Waals surface area contributed by atoms with E-state index in [4.69, 9.17) is 0 Å². The second-order valence-electron chi connectivity index (χ2n) is 9.15. The van der Waals surface area contributed by atoms with Crippen LogP contribution < -0.4 is 5.32 Å². The lowest BCUT2D eigenvalue weighted by Crippen LogP contribution is -2.29. The molecule has 1 unspecified atom stereocenters. The molecule has 1 aliphatic carbocycles. The summed E-state index contributed by atoms with van der Waals surface area (Å²) in [5, 5.41) is 6.13. The fourth-order valence-corrected chi connectivity index (χ4v) is 5.18. The molecular formula is C28H30F3NO2. The molecular weight excluding hydrogens is 439 g/mol. The molecule has 3 atom stereocenters. The molecule has 0 aromatic heterocycles. The molecule has 0 aliphatic heterocycles. The third-order valence-electron chi connectivity index (χ3n) is 6.95. The Morgan fingerprint density at radius 3 is 2.62 bits per heavy atom. The summed E-state index contributed by atoms with van der Waals surface area (Å²) in [6, 6.07) is 19.6. The van der Waals surface area contributed by atoms with E-state index in [1.165, 1.54) is 35.6 Å². The Kier molecular flexibility index (Phi) is 7.27. The lowest BCUT2D eigenvalue weighted by atomic mass is 9.92. The van der Waals surface area contributed by atoms with Crippen LogP contribution >= 0.6 is 0 Å². The van der Waals surface area contributed by atoms with E-state index in [9.17, 15) is 18.0 Å². The molecule has 4 rings (SSSR count). The zero-order chi connectivity index (χ0) is 24.3. The third-order valence-corrected chi connectivity index (χ3v) is 6.95. The zero-order valence-corrected chi connectivity index (χ0v) is 19.5. The van der Waals surface area contributed by atoms with Gasteiger partial charge in [-0.25, -0.2) is 0 Å². The van der Waals surface area contributed by atoms with Crippen molar-refractivity contribution in [3.8, 4) is 0 Å². The van der Waals surface area contributed by atoms with E-state index >= 15 is 0 Å². The van der Waals surface area contributed by atoms with Crippen LogP contribution in [0.1, 0.15) is 66.8 Å². The first-order valence-corrected chi connectivity index (χ1v) is 11.8. The molecule has 0 radical (unpaired) electrons. The van der Waals surface area contributed by atoms with E-state index < -0.39 is 17.7 Å². The van der Waals surface area contributed by atoms with Crippen molar-refractivity contribution in [1.29, 1.82) is 0 Å². The number of hydrogen-bond acceptors (Lipinski definition) is 3. The summed E-state index contributed by atoms with van der Waals surface area (Å²) in [6.45, 7) is 2.15. The van der Waals surface area contributed by atoms with Crippen molar-refractivity contribution in [2.75, 3.05) is 7.11 Å². The molecule has 180 valence electrons. The summed E-state index contributed by atoms with van der Waals surface area (Å²) in [5.74, 6) is -0.435. The van der Waals surface area contributed by atoms with Gasteiger partial charge in [0.2, 0.25) is 0 Å². The lowest BCUT2D eigenvalue weighted by Gasteiger charge is -2.22. The van der Waals surface area contributed by atoms with Crippen molar-refractivity contribution in [2.24, 2.45) is 0 Å². The van der Waals surface area contributed by atoms with Gasteiger partial charge in [-0.2, -0.15) is 13.2 Å². The molecule has 6 heteroatoms. The monoisotopic (exact) mass is 469 g/mol. The second-order valence-corrected chi connectivity index (χ2v) is 9.15. The predicted molar refractivity (Wildman–Crippen MR) is 128 cm³/mol. The number of rotatable bonds is 7. The Bertz CT molecular complexity index is 1150. The fraction of sp³-hybridized carbons (Fsp3) is 0.393. The number of methoxy groups -OCH3 is 1. The number of benzene rings is 3. The Hall–Kier alpha value is -2.86. The van der Waals surface area contributed by atoms with Crippen molar-refractivity contribution < 1.29 is 22.7 Å². The Morgan fingerprint density at radius 1 is 1.09 bits per heavy atom. The molecule has 1 fully saturated rings. The molecule has 1 aliphatic rings. The van der Waals surface area contributed by atoms with Crippen LogP contribution in [-0.4, -0.2) is 19.1 Å². The van der Waals surface area contributed by atoms with Gasteiger partial charge in [0.15, 0.2) is 0 Å². The molecule has 0 amide bonds. The van der Waals surface area contributed by atoms with E-state index in [-0.39, 0.29) is 36.4 Å². The van der Waals surface area contributed by atoms with Crippen LogP contribution in [0.4, 0.5) is 13.2 Å². The number of carbonyl (C=O) groups excluding carboxylic acids is 1. The zero-order valence-electron chi connectivity index (χ0n) is 19.5. The highest BCUT2D eigenvalue weighted by molar-refractivity contribution is 5.86. The van der Waals surface area contributed by atoms with Gasteiger partial charge in [-0.3, -0.25) is 4.79 Å². The van der Waals surface area contributed by atoms with Gasteiger partial charge in [0.25, 0.3) is 0 Å². The molecule has 0 saturated heterocycles. The van der Waals surface area contributed by atoms with Crippen LogP contribution in [0.15, 0.2) is 60.7 Å². The predicted octanol–water partition coefficient (Wildman–Crippen LogP) is 6.95. The van der Waals surface area contributed by atoms with Gasteiger partial charge in [0.1, 0.15) is 0 Å². The maximum Gasteiger partial charge on any atom is 0.416 e. The van der Waals surface area contributed by atoms with E-state index in [0.29, 0.717) is 0 Å². The van der Waals surface area contributed by atoms with Gasteiger partial charge in [0.05, 0.1) is 12.7 Å². The summed E-state index contributed by atoms with van der Waals surface area (Å²) in [6.07, 6.45) is -1.95. The standard InChI is InChI=1S/C28H30F3NO2/c1-18(24-9-5-7-19-6-3-4-8-25(19)24)32-23-14-12-21(16-23)22-11-10-20(13-15-27(33)34-2)26(17-22)28(29,30)31/h3-11,17-18,21,23,32H,12-16H2,1-2H3/t18-,21?,23-/m0/s1. The van der Waals surface area contributed by atoms with Crippen LogP contribution in [0.2, 0.25) is 0 Å². The third kappa shape index (κ3) is 5.44. The van der Waals surface area contributed by atoms with Crippen LogP contribution in [0.25, 0.3) is 10.8 Å². The Balaban J connectivity index is 1.46. The smallest absolute Gasteiger partial charge is 0.416 e. The van der Waals surface area contributed by atoms with Crippen molar-refractivity contribution in [1.82, 2.24) is 5.32 Å². The first-order valence-electron chi connectivity index (χ1n) is 11.8. The number of esters is 1. The van der Waals surface area contributed by atoms with Gasteiger partial charge in [-0.1, -0.05) is 54.6 Å². The maximum atomic E-state index is 13.8. The van der Waals surface area contributed by atoms with Crippen molar-refractivity contribution >= 4 is 16.7 Å². The number of halogens is 3. The number of carbonyl (C=O) groups is 1. The minimum absolute atomic E-state index is 0.0131. The number of fused-ring (bicyclic) bond motifs is 1. The summed E-state index contributed by atoms with van der Waals surface area (Å²) in [4.78, 5) is 11.4. The molecule has 3 aromatic carbocycles. The van der Waals surface area contributed by atoms with Gasteiger partial charge >= 0.3 is 12.1 Å². The molecule has 34 heavy (non-hydrogen) atoms. The van der Waals surface area contributed by atoms with Gasteiger partial charge in [-0.15, -0.1) is 0 Å². The molecule has 3 aromatic rings. The SMILES string of the molecule is COC(=O)CCc1ccc(C2CC[C@H](N[C@@H](C)c3cccc4ccccc34)C2)cc1C(F)(F)F. The summed E-state index contributed by atoms with van der Waals surface area (Å²) < 4.78 is 45.8. The average molecular weight is 470 g/mol. The second kappa shape index (κ2) is 10.2. The minimum Gasteiger partial charge on any atom is -0.469 e. The topological polar surface area (TPSA) is 38.3 Å². The molecule has 0 heterocycles. The normalized spacial score (nSPS) is 19.3. The number of alkyl halides is 3. The van der Waals surface area contributed by atoms with Crippen LogP contribution in [-0.2, 0) is 22.1 Å². The van der Waals surface area contributed by atoms with Gasteiger partial charge < -0.3 is 10.1 Å². The average Bonchev–Trinajstić information content (AvgIpc) is 3.29. The summed E-state index contributed by atoms with van der Waals surface area (Å²) in [7, 11) is 1.24. The fourth-order valence-electron chi connectivity index (χ4n) is 5.18. The quantitative estimate of drug-likeness (QED) is 0.381. The molecule has 1 saturated carbocycles. The van der Waals surface area contributed by atoms with Crippen LogP contribution in [0.3, 0.4) is 0 Å². The molecule has 0 bridgehead atoms. The summed E-state index contributed by atoms with van der Waals surface area (Å²) >= 11 is 0. The van der Waals surface area contributed by atoms with Crippen molar-refractivity contribution in [2.45, 2.75) is 63.2 Å². The molecule has 0 spiro atoms. The Morgan fingerprint density at radius 2 is 1.85 bits per heavy atom. The number of aryl methyl sites for hydroxylation is 1. The van der Waals surface area contributed by atoms with E-state index in [2.05, 4.69) is 47.3 Å². The van der Waals surface area contributed by atoms with Crippen molar-refractivity contribution in [3.05, 3.63) is 82.9 Å². The van der Waals surface area contributed by atoms with Gasteiger partial charge in [0, 0.05) is 18.5 Å². The maximum absolute atomic E-state index is 13.8. The van der Waals surface area contributed by atoms with Crippen molar-refractivity contribution in [3.63, 3.8) is 0 Å². The minimum atomic E-state index is -4.46. The highest BCUT2D eigenvalue weighted by Gasteiger charge is 2.35. The van der Waals surface area contributed by atoms with E-state index in [1.54, 1.807) is 6.07 Å². The highest BCUT2D eigenvalue weighted by Crippen LogP contribution is 2.40. The number of ether oxygens (including phenoxy) is 1. The first kappa shape index (κ1) is 24.3. The highest BCUT2D eigenvalue weighted by atomic mass is 19.4. The molecule has 1 N–H and O–H groups in total. The lowest BCUT2D eigenvalue weighted by molar-refractivity contribution is -0.142. The van der Waals surface area contributed by atoms with Crippen LogP contribution in [0, 0.1) is 0 Å². The Labute approximate surface area is 198 Å². The largest absolute Gasteiger partial charge is 0.469 e. The van der Waals surface area contributed by atoms with Gasteiger partial charge in [-0.05, 0) is 72.1 Å². The van der Waals surface area contributed by atoms with Crippen LogP contribution in [0.5, 0.6) is 0 Å². The number of hydrogen-bond donors (Lipinski definition) is 1. The first-order chi connectivity index (χ1) is 16.3. The number of nitrogens with one attached hydrogen (secondary N) is 1. The van der Waals surface area contributed by atoms with E-state index in [0.717, 1.165) is 24.8 Å². The summed E-state index contributed by atoms with van der Waals surface area (Å²) in [5.41, 5.74) is 1.44.